The molecule has 3 N–H and O–H groups in total. The Bertz CT molecular complexity index is 2030. The van der Waals surface area contributed by atoms with Crippen LogP contribution in [0.1, 0.15) is 42.6 Å². The maximum atomic E-state index is 14.4. The minimum atomic E-state index is -0.0992. The molecule has 0 saturated heterocycles. The molecule has 0 atom stereocenters. The number of halogens is 1. The van der Waals surface area contributed by atoms with Crippen LogP contribution in [0.4, 0.5) is 5.82 Å². The van der Waals surface area contributed by atoms with Gasteiger partial charge >= 0.3 is 0 Å². The fourth-order valence-electron chi connectivity index (χ4n) is 6.25. The maximum Gasteiger partial charge on any atom is 0.262 e. The Kier molecular flexibility index (Phi) is 7.02. The second-order valence-corrected chi connectivity index (χ2v) is 11.6. The highest BCUT2D eigenvalue weighted by atomic mass is 35.5. The van der Waals surface area contributed by atoms with Crippen molar-refractivity contribution in [2.45, 2.75) is 45.2 Å². The molecule has 0 unspecified atom stereocenters. The van der Waals surface area contributed by atoms with Crippen molar-refractivity contribution in [3.05, 3.63) is 105 Å². The molecular formula is C33H30ClN7O2. The largest absolute Gasteiger partial charge is 0.508 e. The minimum absolute atomic E-state index is 0.0992. The average molecular weight is 592 g/mol. The fourth-order valence-corrected chi connectivity index (χ4v) is 6.45. The maximum absolute atomic E-state index is 14.4. The summed E-state index contributed by atoms with van der Waals surface area (Å²) in [5.41, 5.74) is 10.6. The van der Waals surface area contributed by atoms with Gasteiger partial charge in [-0.1, -0.05) is 67.6 Å². The number of phenolic OH excluding ortho intramolecular Hbond substituents is 1. The van der Waals surface area contributed by atoms with E-state index in [0.717, 1.165) is 23.1 Å². The lowest BCUT2D eigenvalue weighted by molar-refractivity contribution is 0.475. The van der Waals surface area contributed by atoms with Crippen LogP contribution in [0.2, 0.25) is 5.02 Å². The van der Waals surface area contributed by atoms with Crippen molar-refractivity contribution in [2.75, 3.05) is 5.73 Å². The molecule has 10 heteroatoms. The van der Waals surface area contributed by atoms with Gasteiger partial charge in [0.15, 0.2) is 5.65 Å². The second kappa shape index (κ2) is 11.1. The van der Waals surface area contributed by atoms with E-state index in [2.05, 4.69) is 16.0 Å². The molecular weight excluding hydrogens is 562 g/mol. The molecule has 0 bridgehead atoms. The van der Waals surface area contributed by atoms with E-state index < -0.39 is 0 Å². The van der Waals surface area contributed by atoms with Gasteiger partial charge in [-0.2, -0.15) is 5.10 Å². The van der Waals surface area contributed by atoms with Crippen LogP contribution < -0.4 is 11.3 Å². The number of aromatic hydroxyl groups is 1. The molecule has 0 radical (unpaired) electrons. The van der Waals surface area contributed by atoms with Gasteiger partial charge in [0.25, 0.3) is 5.56 Å². The molecule has 1 saturated carbocycles. The average Bonchev–Trinajstić information content (AvgIpc) is 3.65. The summed E-state index contributed by atoms with van der Waals surface area (Å²) >= 11 is 6.58. The standard InChI is InChI=1S/C33H30ClN7O2/c34-25-10-4-3-8-23(25)17-40-27(38-26-11-5-9-22(28(26)33(40)43)16-20-6-1-2-7-20)18-41-32-29(31(35)36-19-37-32)30(39-41)21-12-14-24(42)15-13-21/h3-5,8-15,19-20,42H,1-2,6-7,16-18H2,(H2,35,36,37). The van der Waals surface area contributed by atoms with Crippen LogP contribution >= 0.6 is 11.6 Å². The Morgan fingerprint density at radius 2 is 1.67 bits per heavy atom. The number of nitrogens with zero attached hydrogens (tertiary/aromatic N) is 6. The highest BCUT2D eigenvalue weighted by Crippen LogP contribution is 2.32. The van der Waals surface area contributed by atoms with Crippen LogP contribution in [0.5, 0.6) is 5.75 Å². The zero-order chi connectivity index (χ0) is 29.5. The summed E-state index contributed by atoms with van der Waals surface area (Å²) in [5.74, 6) is 1.54. The molecule has 1 aliphatic rings. The number of rotatable bonds is 7. The van der Waals surface area contributed by atoms with E-state index in [1.807, 2.05) is 36.4 Å². The third-order valence-electron chi connectivity index (χ3n) is 8.41. The van der Waals surface area contributed by atoms with Gasteiger partial charge < -0.3 is 10.8 Å². The summed E-state index contributed by atoms with van der Waals surface area (Å²) in [4.78, 5) is 28.2. The van der Waals surface area contributed by atoms with Crippen LogP contribution in [0, 0.1) is 5.92 Å². The summed E-state index contributed by atoms with van der Waals surface area (Å²) in [7, 11) is 0. The first kappa shape index (κ1) is 27.1. The third-order valence-corrected chi connectivity index (χ3v) is 8.78. The van der Waals surface area contributed by atoms with Crippen LogP contribution in [-0.4, -0.2) is 34.4 Å². The normalized spacial score (nSPS) is 13.8. The number of hydrogen-bond donors (Lipinski definition) is 2. The first-order chi connectivity index (χ1) is 21.0. The van der Waals surface area contributed by atoms with Crippen LogP contribution in [-0.2, 0) is 19.5 Å². The topological polar surface area (TPSA) is 125 Å². The molecule has 0 amide bonds. The van der Waals surface area contributed by atoms with Crippen molar-refractivity contribution in [3.8, 4) is 17.0 Å². The first-order valence-corrected chi connectivity index (χ1v) is 14.8. The van der Waals surface area contributed by atoms with Gasteiger partial charge in [0.05, 0.1) is 22.8 Å². The van der Waals surface area contributed by atoms with Crippen molar-refractivity contribution >= 4 is 39.4 Å². The molecule has 9 nitrogen and oxygen atoms in total. The number of fused-ring (bicyclic) bond motifs is 2. The number of nitrogens with two attached hydrogens (primary N) is 1. The smallest absolute Gasteiger partial charge is 0.262 e. The lowest BCUT2D eigenvalue weighted by atomic mass is 9.95. The summed E-state index contributed by atoms with van der Waals surface area (Å²) in [5, 5.41) is 16.5. The molecule has 3 aromatic heterocycles. The van der Waals surface area contributed by atoms with E-state index in [1.54, 1.807) is 33.5 Å². The van der Waals surface area contributed by atoms with E-state index in [9.17, 15) is 9.90 Å². The van der Waals surface area contributed by atoms with Crippen LogP contribution in [0.25, 0.3) is 33.2 Å². The van der Waals surface area contributed by atoms with Crippen LogP contribution in [0.3, 0.4) is 0 Å². The van der Waals surface area contributed by atoms with Gasteiger partial charge in [-0.15, -0.1) is 0 Å². The molecule has 0 spiro atoms. The highest BCUT2D eigenvalue weighted by molar-refractivity contribution is 6.31. The molecule has 216 valence electrons. The minimum Gasteiger partial charge on any atom is -0.508 e. The van der Waals surface area contributed by atoms with Gasteiger partial charge in [-0.25, -0.2) is 19.6 Å². The van der Waals surface area contributed by atoms with Crippen molar-refractivity contribution in [3.63, 3.8) is 0 Å². The number of aromatic nitrogens is 6. The Morgan fingerprint density at radius 3 is 2.47 bits per heavy atom. The van der Waals surface area contributed by atoms with E-state index in [4.69, 9.17) is 27.4 Å². The molecule has 1 fully saturated rings. The summed E-state index contributed by atoms with van der Waals surface area (Å²) < 4.78 is 3.41. The number of nitrogen functional groups attached to an aromatic ring is 1. The van der Waals surface area contributed by atoms with Crippen molar-refractivity contribution in [1.82, 2.24) is 29.3 Å². The quantitative estimate of drug-likeness (QED) is 0.234. The highest BCUT2D eigenvalue weighted by Gasteiger charge is 2.22. The molecule has 1 aliphatic carbocycles. The Hall–Kier alpha value is -4.76. The predicted molar refractivity (Wildman–Crippen MR) is 168 cm³/mol. The van der Waals surface area contributed by atoms with Gasteiger partial charge in [0.2, 0.25) is 0 Å². The molecule has 0 aliphatic heterocycles. The first-order valence-electron chi connectivity index (χ1n) is 14.5. The van der Waals surface area contributed by atoms with E-state index in [-0.39, 0.29) is 30.2 Å². The van der Waals surface area contributed by atoms with Crippen molar-refractivity contribution in [1.29, 1.82) is 0 Å². The van der Waals surface area contributed by atoms with Crippen LogP contribution in [0.15, 0.2) is 77.9 Å². The molecule has 6 aromatic rings. The Labute approximate surface area is 252 Å². The number of hydrogen-bond acceptors (Lipinski definition) is 7. The van der Waals surface area contributed by atoms with Gasteiger partial charge in [-0.3, -0.25) is 9.36 Å². The zero-order valence-corrected chi connectivity index (χ0v) is 24.2. The summed E-state index contributed by atoms with van der Waals surface area (Å²) in [6.07, 6.45) is 7.14. The Balaban J connectivity index is 1.40. The van der Waals surface area contributed by atoms with Crippen molar-refractivity contribution in [2.24, 2.45) is 5.92 Å². The molecule has 43 heavy (non-hydrogen) atoms. The van der Waals surface area contributed by atoms with Gasteiger partial charge in [-0.05, 0) is 59.9 Å². The summed E-state index contributed by atoms with van der Waals surface area (Å²) in [6.45, 7) is 0.420. The molecule has 3 heterocycles. The monoisotopic (exact) mass is 591 g/mol. The van der Waals surface area contributed by atoms with E-state index in [1.165, 1.54) is 32.0 Å². The lowest BCUT2D eigenvalue weighted by Crippen LogP contribution is -2.28. The summed E-state index contributed by atoms with van der Waals surface area (Å²) in [6, 6.07) is 20.2. The van der Waals surface area contributed by atoms with E-state index in [0.29, 0.717) is 44.4 Å². The molecule has 7 rings (SSSR count). The molecule has 3 aromatic carbocycles. The fraction of sp³-hybridized carbons (Fsp3) is 0.242. The number of anilines is 1. The van der Waals surface area contributed by atoms with E-state index >= 15 is 0 Å². The number of phenols is 1. The second-order valence-electron chi connectivity index (χ2n) is 11.2. The third kappa shape index (κ3) is 5.10. The SMILES string of the molecule is Nc1ncnc2c1c(-c1ccc(O)cc1)nn2Cc1nc2cccc(CC3CCCC3)c2c(=O)n1Cc1ccccc1Cl. The van der Waals surface area contributed by atoms with Gasteiger partial charge in [0.1, 0.15) is 36.0 Å². The number of benzene rings is 3. The lowest BCUT2D eigenvalue weighted by Gasteiger charge is -2.17. The predicted octanol–water partition coefficient (Wildman–Crippen LogP) is 5.97. The van der Waals surface area contributed by atoms with Crippen molar-refractivity contribution < 1.29 is 5.11 Å². The Morgan fingerprint density at radius 1 is 0.907 bits per heavy atom. The van der Waals surface area contributed by atoms with Gasteiger partial charge in [0, 0.05) is 10.6 Å². The zero-order valence-electron chi connectivity index (χ0n) is 23.4.